The van der Waals surface area contributed by atoms with Crippen molar-refractivity contribution in [1.29, 1.82) is 5.26 Å². The van der Waals surface area contributed by atoms with Crippen molar-refractivity contribution >= 4 is 23.3 Å². The van der Waals surface area contributed by atoms with Gasteiger partial charge in [-0.05, 0) is 30.4 Å². The third kappa shape index (κ3) is 2.16. The summed E-state index contributed by atoms with van der Waals surface area (Å²) < 4.78 is 4.67. The lowest BCUT2D eigenvalue weighted by atomic mass is 10.2. The molecule has 0 fully saturated rings. The molecule has 94 valence electrons. The summed E-state index contributed by atoms with van der Waals surface area (Å²) in [5.41, 5.74) is 2.55. The van der Waals surface area contributed by atoms with Gasteiger partial charge < -0.3 is 14.1 Å². The Kier molecular flexibility index (Phi) is 2.89. The van der Waals surface area contributed by atoms with Crippen LogP contribution in [0.15, 0.2) is 36.9 Å². The van der Waals surface area contributed by atoms with Gasteiger partial charge in [0.05, 0.1) is 29.0 Å². The lowest BCUT2D eigenvalue weighted by Gasteiger charge is -2.05. The number of benzene rings is 1. The quantitative estimate of drug-likeness (QED) is 0.743. The van der Waals surface area contributed by atoms with Gasteiger partial charge in [0.2, 0.25) is 0 Å². The highest BCUT2D eigenvalue weighted by Crippen LogP contribution is 2.16. The third-order valence-corrected chi connectivity index (χ3v) is 3.37. The molecule has 0 saturated carbocycles. The molecule has 0 spiro atoms. The van der Waals surface area contributed by atoms with Crippen LogP contribution in [0.25, 0.3) is 11.0 Å². The Morgan fingerprint density at radius 1 is 1.37 bits per heavy atom. The van der Waals surface area contributed by atoms with Crippen LogP contribution in [-0.2, 0) is 13.1 Å². The molecule has 3 rings (SSSR count). The molecule has 0 radical (unpaired) electrons. The first-order chi connectivity index (χ1) is 9.28. The van der Waals surface area contributed by atoms with Crippen LogP contribution in [-0.4, -0.2) is 19.1 Å². The Balaban J connectivity index is 2.00. The average Bonchev–Trinajstić information content (AvgIpc) is 3.03. The molecule has 1 aromatic carbocycles. The predicted octanol–water partition coefficient (Wildman–Crippen LogP) is 2.47. The van der Waals surface area contributed by atoms with Gasteiger partial charge in [0.1, 0.15) is 0 Å². The Morgan fingerprint density at radius 3 is 3.00 bits per heavy atom. The van der Waals surface area contributed by atoms with Crippen LogP contribution in [0.4, 0.5) is 0 Å². The Labute approximate surface area is 114 Å². The second kappa shape index (κ2) is 4.71. The second-order valence-electron chi connectivity index (χ2n) is 4.23. The Bertz CT molecular complexity index is 804. The first kappa shape index (κ1) is 11.7. The van der Waals surface area contributed by atoms with E-state index < -0.39 is 0 Å². The fraction of sp³-hybridized carbons (Fsp3) is 0.154. The van der Waals surface area contributed by atoms with E-state index in [2.05, 4.69) is 16.0 Å². The summed E-state index contributed by atoms with van der Waals surface area (Å²) in [6.07, 6.45) is 5.45. The van der Waals surface area contributed by atoms with Crippen LogP contribution in [0.3, 0.4) is 0 Å². The van der Waals surface area contributed by atoms with Gasteiger partial charge in [-0.1, -0.05) is 0 Å². The Morgan fingerprint density at radius 2 is 2.26 bits per heavy atom. The smallest absolute Gasteiger partial charge is 0.178 e. The maximum absolute atomic E-state index is 8.97. The van der Waals surface area contributed by atoms with Crippen LogP contribution in [0.1, 0.15) is 5.56 Å². The van der Waals surface area contributed by atoms with E-state index in [0.29, 0.717) is 10.3 Å². The number of hydrogen-bond acceptors (Lipinski definition) is 3. The van der Waals surface area contributed by atoms with Crippen molar-refractivity contribution in [1.82, 2.24) is 19.1 Å². The number of imidazole rings is 2. The number of aromatic nitrogens is 4. The molecule has 0 bridgehead atoms. The van der Waals surface area contributed by atoms with Crippen molar-refractivity contribution in [3.8, 4) is 6.07 Å². The molecule has 3 aromatic rings. The normalized spacial score (nSPS) is 10.7. The number of aryl methyl sites for hydroxylation is 2. The van der Waals surface area contributed by atoms with Crippen molar-refractivity contribution in [2.45, 2.75) is 13.1 Å². The third-order valence-electron chi connectivity index (χ3n) is 3.05. The summed E-state index contributed by atoms with van der Waals surface area (Å²) in [4.78, 5) is 7.16. The van der Waals surface area contributed by atoms with Gasteiger partial charge in [-0.25, -0.2) is 4.98 Å². The lowest BCUT2D eigenvalue weighted by Crippen LogP contribution is -2.05. The van der Waals surface area contributed by atoms with Crippen molar-refractivity contribution in [3.05, 3.63) is 47.3 Å². The van der Waals surface area contributed by atoms with Gasteiger partial charge in [-0.2, -0.15) is 5.26 Å². The molecule has 2 heterocycles. The highest BCUT2D eigenvalue weighted by atomic mass is 32.1. The number of hydrogen-bond donors (Lipinski definition) is 1. The number of H-pyrrole nitrogens is 1. The van der Waals surface area contributed by atoms with Gasteiger partial charge >= 0.3 is 0 Å². The van der Waals surface area contributed by atoms with E-state index >= 15 is 0 Å². The van der Waals surface area contributed by atoms with Crippen LogP contribution < -0.4 is 0 Å². The van der Waals surface area contributed by atoms with E-state index in [0.717, 1.165) is 24.1 Å². The number of aromatic amines is 1. The van der Waals surface area contributed by atoms with Crippen LogP contribution in [0.5, 0.6) is 0 Å². The number of rotatable bonds is 3. The summed E-state index contributed by atoms with van der Waals surface area (Å²) in [5, 5.41) is 8.97. The molecule has 0 aliphatic carbocycles. The molecule has 0 amide bonds. The van der Waals surface area contributed by atoms with E-state index in [-0.39, 0.29) is 0 Å². The Hall–Kier alpha value is -2.39. The van der Waals surface area contributed by atoms with Crippen molar-refractivity contribution in [2.75, 3.05) is 0 Å². The lowest BCUT2D eigenvalue weighted by molar-refractivity contribution is 0.584. The minimum absolute atomic E-state index is 0.637. The fourth-order valence-corrected chi connectivity index (χ4v) is 2.38. The summed E-state index contributed by atoms with van der Waals surface area (Å²) in [6.45, 7) is 1.53. The molecule has 0 unspecified atom stereocenters. The molecule has 0 saturated heterocycles. The predicted molar refractivity (Wildman–Crippen MR) is 74.1 cm³/mol. The standard InChI is InChI=1S/C13H11N5S/c14-8-10-1-2-11-12(7-10)18(13(19)16-11)6-5-17-4-3-15-9-17/h1-4,7,9H,5-6H2,(H,16,19). The van der Waals surface area contributed by atoms with Crippen LogP contribution in [0, 0.1) is 16.1 Å². The highest BCUT2D eigenvalue weighted by Gasteiger charge is 2.05. The van der Waals surface area contributed by atoms with E-state index in [9.17, 15) is 0 Å². The van der Waals surface area contributed by atoms with Crippen molar-refractivity contribution in [3.63, 3.8) is 0 Å². The fourth-order valence-electron chi connectivity index (χ4n) is 2.08. The van der Waals surface area contributed by atoms with Gasteiger partial charge in [0.15, 0.2) is 4.77 Å². The molecule has 0 aliphatic rings. The highest BCUT2D eigenvalue weighted by molar-refractivity contribution is 7.71. The molecule has 0 aliphatic heterocycles. The number of nitrogens with one attached hydrogen (secondary N) is 1. The maximum Gasteiger partial charge on any atom is 0.178 e. The molecular weight excluding hydrogens is 258 g/mol. The minimum Gasteiger partial charge on any atom is -0.336 e. The van der Waals surface area contributed by atoms with Gasteiger partial charge in [-0.15, -0.1) is 0 Å². The van der Waals surface area contributed by atoms with Gasteiger partial charge in [0.25, 0.3) is 0 Å². The number of fused-ring (bicyclic) bond motifs is 1. The zero-order valence-corrected chi connectivity index (χ0v) is 10.9. The van der Waals surface area contributed by atoms with Crippen LogP contribution >= 0.6 is 12.2 Å². The van der Waals surface area contributed by atoms with Crippen molar-refractivity contribution < 1.29 is 0 Å². The van der Waals surface area contributed by atoms with Gasteiger partial charge in [-0.3, -0.25) is 0 Å². The van der Waals surface area contributed by atoms with E-state index in [1.54, 1.807) is 18.6 Å². The minimum atomic E-state index is 0.637. The molecule has 2 aromatic heterocycles. The average molecular weight is 269 g/mol. The SMILES string of the molecule is N#Cc1ccc2[nH]c(=S)n(CCn3ccnc3)c2c1. The molecule has 5 nitrogen and oxygen atoms in total. The maximum atomic E-state index is 8.97. The number of nitrogens with zero attached hydrogens (tertiary/aromatic N) is 4. The van der Waals surface area contributed by atoms with E-state index in [1.807, 2.05) is 27.5 Å². The zero-order chi connectivity index (χ0) is 13.2. The molecular formula is C13H11N5S. The molecule has 6 heteroatoms. The van der Waals surface area contributed by atoms with Crippen LogP contribution in [0.2, 0.25) is 0 Å². The summed E-state index contributed by atoms with van der Waals surface area (Å²) in [6, 6.07) is 7.68. The summed E-state index contributed by atoms with van der Waals surface area (Å²) in [5.74, 6) is 0. The summed E-state index contributed by atoms with van der Waals surface area (Å²) >= 11 is 5.33. The molecule has 0 atom stereocenters. The largest absolute Gasteiger partial charge is 0.336 e. The number of nitriles is 1. The molecule has 19 heavy (non-hydrogen) atoms. The van der Waals surface area contributed by atoms with Gasteiger partial charge in [0, 0.05) is 25.5 Å². The topological polar surface area (TPSA) is 62.3 Å². The van der Waals surface area contributed by atoms with E-state index in [1.165, 1.54) is 0 Å². The van der Waals surface area contributed by atoms with Crippen molar-refractivity contribution in [2.24, 2.45) is 0 Å². The monoisotopic (exact) mass is 269 g/mol. The molecule has 1 N–H and O–H groups in total. The zero-order valence-electron chi connectivity index (χ0n) is 10.1. The van der Waals surface area contributed by atoms with E-state index in [4.69, 9.17) is 17.5 Å². The second-order valence-corrected chi connectivity index (χ2v) is 4.61. The first-order valence-electron chi connectivity index (χ1n) is 5.86. The summed E-state index contributed by atoms with van der Waals surface area (Å²) in [7, 11) is 0. The first-order valence-corrected chi connectivity index (χ1v) is 6.27.